The number of hydrogen-bond acceptors (Lipinski definition) is 7. The van der Waals surface area contributed by atoms with E-state index < -0.39 is 23.3 Å². The first-order valence-corrected chi connectivity index (χ1v) is 14.6. The summed E-state index contributed by atoms with van der Waals surface area (Å²) in [6.07, 6.45) is 2.07. The predicted molar refractivity (Wildman–Crippen MR) is 150 cm³/mol. The molecule has 2 aromatic carbocycles. The number of carboxylic acids is 1. The molecule has 3 heterocycles. The molecule has 0 radical (unpaired) electrons. The van der Waals surface area contributed by atoms with E-state index in [1.807, 2.05) is 30.3 Å². The number of nitrogens with one attached hydrogen (secondary N) is 1. The van der Waals surface area contributed by atoms with E-state index >= 15 is 0 Å². The van der Waals surface area contributed by atoms with Gasteiger partial charge in [-0.3, -0.25) is 19.3 Å². The molecule has 2 saturated heterocycles. The van der Waals surface area contributed by atoms with Crippen LogP contribution in [0.1, 0.15) is 19.0 Å². The molecule has 3 aliphatic rings. The first-order valence-electron chi connectivity index (χ1n) is 12.4. The number of aromatic hydroxyl groups is 1. The summed E-state index contributed by atoms with van der Waals surface area (Å²) >= 11 is 2.82. The number of rotatable bonds is 9. The van der Waals surface area contributed by atoms with Crippen LogP contribution in [0.5, 0.6) is 5.75 Å². The summed E-state index contributed by atoms with van der Waals surface area (Å²) in [5, 5.41) is 21.7. The number of benzene rings is 2. The van der Waals surface area contributed by atoms with Gasteiger partial charge in [0.25, 0.3) is 5.91 Å². The van der Waals surface area contributed by atoms with E-state index in [0.717, 1.165) is 11.1 Å². The number of amides is 3. The molecule has 0 aromatic heterocycles. The molecular weight excluding hydrogens is 561 g/mol. The minimum Gasteiger partial charge on any atom is -1.00 e. The zero-order valence-electron chi connectivity index (χ0n) is 22.9. The molecule has 0 spiro atoms. The van der Waals surface area contributed by atoms with Crippen LogP contribution >= 0.6 is 23.5 Å². The topological polar surface area (TPSA) is 127 Å². The van der Waals surface area contributed by atoms with Crippen molar-refractivity contribution in [2.24, 2.45) is 0 Å². The van der Waals surface area contributed by atoms with E-state index in [0.29, 0.717) is 42.2 Å². The van der Waals surface area contributed by atoms with Gasteiger partial charge in [0.15, 0.2) is 0 Å². The summed E-state index contributed by atoms with van der Waals surface area (Å²) in [7, 11) is 0. The number of likely N-dealkylation sites (tertiary alicyclic amines) is 1. The van der Waals surface area contributed by atoms with Crippen molar-refractivity contribution in [1.29, 1.82) is 0 Å². The smallest absolute Gasteiger partial charge is 1.00 e. The minimum absolute atomic E-state index is 0. The van der Waals surface area contributed by atoms with Crippen molar-refractivity contribution in [3.63, 3.8) is 0 Å². The number of carbonyl (C=O) groups is 4. The normalized spacial score (nSPS) is 21.1. The maximum absolute atomic E-state index is 13.0. The summed E-state index contributed by atoms with van der Waals surface area (Å²) in [6.45, 7) is 0.879. The Morgan fingerprint density at radius 3 is 2.52 bits per heavy atom. The van der Waals surface area contributed by atoms with Gasteiger partial charge in [-0.25, -0.2) is 4.79 Å². The van der Waals surface area contributed by atoms with E-state index in [-0.39, 0.29) is 60.0 Å². The van der Waals surface area contributed by atoms with Crippen LogP contribution in [0.2, 0.25) is 0 Å². The molecule has 2 fully saturated rings. The van der Waals surface area contributed by atoms with E-state index in [2.05, 4.69) is 5.32 Å². The molecule has 0 aliphatic carbocycles. The molecule has 40 heavy (non-hydrogen) atoms. The van der Waals surface area contributed by atoms with Crippen molar-refractivity contribution in [2.75, 3.05) is 18.1 Å². The van der Waals surface area contributed by atoms with Gasteiger partial charge in [-0.15, -0.1) is 23.5 Å². The summed E-state index contributed by atoms with van der Waals surface area (Å²) in [4.78, 5) is 53.5. The maximum Gasteiger partial charge on any atom is 1.00 e. The van der Waals surface area contributed by atoms with Crippen LogP contribution in [0.15, 0.2) is 77.5 Å². The zero-order chi connectivity index (χ0) is 27.5. The van der Waals surface area contributed by atoms with E-state index in [1.54, 1.807) is 35.2 Å². The number of aliphatic carboxylic acids is 1. The van der Waals surface area contributed by atoms with Crippen molar-refractivity contribution in [3.8, 4) is 5.75 Å². The average Bonchev–Trinajstić information content (AvgIpc) is 3.27. The summed E-state index contributed by atoms with van der Waals surface area (Å²) < 4.78 is 0. The first-order chi connectivity index (χ1) is 18.8. The second-order valence-corrected chi connectivity index (χ2v) is 11.5. The van der Waals surface area contributed by atoms with E-state index in [1.165, 1.54) is 28.4 Å². The van der Waals surface area contributed by atoms with Crippen LogP contribution in [0.3, 0.4) is 0 Å². The van der Waals surface area contributed by atoms with Gasteiger partial charge in [0.1, 0.15) is 22.9 Å². The molecule has 0 unspecified atom stereocenters. The standard InChI is InChI=1S/C28H27N3O6S2.Na.H/c32-21-8-6-17(7-9-21)13-30-11-10-19(25(30)34)12-20-15-39-27-23(26(35)31(27)24(20)28(36)37)29-22(33)16-38-14-18-4-2-1-3-5-18;;/h1-9,12,23,27,32H,10-11,13-16H2,(H,29,33)(H,36,37);;/q;+1;-1/b19-12+;;/t23-,27-;;/m1../s1. The number of carbonyl (C=O) groups excluding carboxylic acids is 3. The monoisotopic (exact) mass is 589 g/mol. The molecule has 2 atom stereocenters. The Labute approximate surface area is 263 Å². The molecule has 9 nitrogen and oxygen atoms in total. The van der Waals surface area contributed by atoms with Gasteiger partial charge in [-0.2, -0.15) is 0 Å². The number of thioether (sulfide) groups is 2. The van der Waals surface area contributed by atoms with Crippen molar-refractivity contribution >= 4 is 47.2 Å². The predicted octanol–water partition coefficient (Wildman–Crippen LogP) is -0.161. The molecule has 0 saturated carbocycles. The van der Waals surface area contributed by atoms with Crippen LogP contribution in [-0.2, 0) is 31.5 Å². The Bertz CT molecular complexity index is 1370. The van der Waals surface area contributed by atoms with Gasteiger partial charge in [-0.1, -0.05) is 42.5 Å². The largest absolute Gasteiger partial charge is 1.00 e. The molecule has 0 bridgehead atoms. The number of phenols is 1. The number of nitrogens with zero attached hydrogens (tertiary/aromatic N) is 2. The van der Waals surface area contributed by atoms with Gasteiger partial charge in [0.05, 0.1) is 5.75 Å². The van der Waals surface area contributed by atoms with Gasteiger partial charge >= 0.3 is 35.5 Å². The quantitative estimate of drug-likeness (QED) is 0.209. The molecule has 3 amide bonds. The fourth-order valence-corrected chi connectivity index (χ4v) is 6.89. The maximum atomic E-state index is 13.0. The van der Waals surface area contributed by atoms with Gasteiger partial charge < -0.3 is 21.9 Å². The molecule has 5 rings (SSSR count). The minimum atomic E-state index is -1.24. The fourth-order valence-electron chi connectivity index (χ4n) is 4.79. The SMILES string of the molecule is O=C(CSCc1ccccc1)N[C@@H]1C(=O)N2C(C(=O)O)=C(/C=C3\CCN(Cc4ccc(O)cc4)C3=O)CS[C@H]12.[H-].[Na+]. The molecule has 3 aliphatic heterocycles. The van der Waals surface area contributed by atoms with E-state index in [9.17, 15) is 29.4 Å². The number of hydrogen-bond donors (Lipinski definition) is 3. The average molecular weight is 590 g/mol. The fraction of sp³-hybridized carbons (Fsp3) is 0.286. The number of allylic oxidation sites excluding steroid dienone is 1. The van der Waals surface area contributed by atoms with Crippen molar-refractivity contribution in [3.05, 3.63) is 88.6 Å². The summed E-state index contributed by atoms with van der Waals surface area (Å²) in [5.74, 6) is -0.834. The number of phenolic OH excluding ortho intramolecular Hbond substituents is 1. The third-order valence-electron chi connectivity index (χ3n) is 6.73. The van der Waals surface area contributed by atoms with Gasteiger partial charge in [0.2, 0.25) is 11.8 Å². The second kappa shape index (κ2) is 13.3. The number of β-lactam (4-membered cyclic amide) rings is 1. The van der Waals surface area contributed by atoms with Crippen LogP contribution in [0.25, 0.3) is 0 Å². The second-order valence-electron chi connectivity index (χ2n) is 9.43. The Morgan fingerprint density at radius 2 is 1.82 bits per heavy atom. The number of carboxylic acid groups (broad SMARTS) is 1. The van der Waals surface area contributed by atoms with Crippen molar-refractivity contribution < 1.29 is 60.4 Å². The van der Waals surface area contributed by atoms with Gasteiger partial charge in [0, 0.05) is 30.2 Å². The molecular formula is C28H28N3NaO6S2. The van der Waals surface area contributed by atoms with Crippen molar-refractivity contribution in [1.82, 2.24) is 15.1 Å². The van der Waals surface area contributed by atoms with Crippen LogP contribution in [-0.4, -0.2) is 73.2 Å². The van der Waals surface area contributed by atoms with Crippen LogP contribution in [0, 0.1) is 0 Å². The van der Waals surface area contributed by atoms with E-state index in [4.69, 9.17) is 0 Å². The zero-order valence-corrected chi connectivity index (χ0v) is 25.5. The Hall–Kier alpha value is -2.70. The summed E-state index contributed by atoms with van der Waals surface area (Å²) in [6, 6.07) is 15.6. The molecule has 3 N–H and O–H groups in total. The molecule has 2 aromatic rings. The van der Waals surface area contributed by atoms with Gasteiger partial charge in [-0.05, 0) is 41.3 Å². The van der Waals surface area contributed by atoms with Crippen LogP contribution in [0.4, 0.5) is 0 Å². The van der Waals surface area contributed by atoms with Crippen LogP contribution < -0.4 is 34.9 Å². The molecule has 12 heteroatoms. The third kappa shape index (κ3) is 6.60. The van der Waals surface area contributed by atoms with Crippen molar-refractivity contribution in [2.45, 2.75) is 30.1 Å². The Balaban J connectivity index is 0.00000231. The third-order valence-corrected chi connectivity index (χ3v) is 9.04. The Kier molecular flexibility index (Phi) is 10.1. The Morgan fingerprint density at radius 1 is 1.10 bits per heavy atom. The first kappa shape index (κ1) is 30.3. The number of fused-ring (bicyclic) bond motifs is 1. The molecule has 204 valence electrons. The summed E-state index contributed by atoms with van der Waals surface area (Å²) in [5.41, 5.74) is 2.75.